The van der Waals surface area contributed by atoms with Gasteiger partial charge in [-0.25, -0.2) is 0 Å². The average Bonchev–Trinajstić information content (AvgIpc) is 2.76. The van der Waals surface area contributed by atoms with E-state index in [1.165, 1.54) is 0 Å². The first-order chi connectivity index (χ1) is 6.68. The molecule has 1 aliphatic heterocycles. The van der Waals surface area contributed by atoms with E-state index in [1.54, 1.807) is 11.3 Å². The molecule has 78 valence electrons. The lowest BCUT2D eigenvalue weighted by Gasteiger charge is -2.15. The van der Waals surface area contributed by atoms with Gasteiger partial charge in [-0.2, -0.15) is 0 Å². The Labute approximate surface area is 101 Å². The zero-order valence-electron chi connectivity index (χ0n) is 7.50. The fraction of sp³-hybridized carbons (Fsp3) is 0.556. The summed E-state index contributed by atoms with van der Waals surface area (Å²) in [6, 6.07) is 2.07. The monoisotopic (exact) mass is 295 g/mol. The van der Waals surface area contributed by atoms with Gasteiger partial charge >= 0.3 is 0 Å². The molecule has 2 unspecified atom stereocenters. The van der Waals surface area contributed by atoms with Gasteiger partial charge < -0.3 is 10.5 Å². The van der Waals surface area contributed by atoms with Crippen LogP contribution in [0.4, 0.5) is 0 Å². The van der Waals surface area contributed by atoms with E-state index in [4.69, 9.17) is 22.1 Å². The van der Waals surface area contributed by atoms with Gasteiger partial charge in [0.2, 0.25) is 0 Å². The molecule has 2 N–H and O–H groups in total. The second-order valence-electron chi connectivity index (χ2n) is 3.42. The smallest absolute Gasteiger partial charge is 0.107 e. The molecule has 5 heteroatoms. The Morgan fingerprint density at radius 1 is 1.71 bits per heavy atom. The first kappa shape index (κ1) is 10.9. The van der Waals surface area contributed by atoms with Crippen LogP contribution in [0.25, 0.3) is 0 Å². The molecule has 0 spiro atoms. The Balaban J connectivity index is 2.13. The Hall–Kier alpha value is 0.390. The molecule has 2 nitrogen and oxygen atoms in total. The van der Waals surface area contributed by atoms with Gasteiger partial charge in [0.1, 0.15) is 4.34 Å². The van der Waals surface area contributed by atoms with Crippen molar-refractivity contribution in [3.8, 4) is 0 Å². The molecule has 1 fully saturated rings. The van der Waals surface area contributed by atoms with Crippen LogP contribution in [0.3, 0.4) is 0 Å². The van der Waals surface area contributed by atoms with Crippen molar-refractivity contribution in [3.63, 3.8) is 0 Å². The molecular weight excluding hydrogens is 286 g/mol. The first-order valence-electron chi connectivity index (χ1n) is 4.46. The van der Waals surface area contributed by atoms with Crippen LogP contribution in [0.15, 0.2) is 10.5 Å². The van der Waals surface area contributed by atoms with Gasteiger partial charge in [0.05, 0.1) is 6.61 Å². The molecule has 2 rings (SSSR count). The lowest BCUT2D eigenvalue weighted by atomic mass is 9.99. The van der Waals surface area contributed by atoms with E-state index in [9.17, 15) is 0 Å². The van der Waals surface area contributed by atoms with Crippen molar-refractivity contribution in [1.29, 1.82) is 0 Å². The highest BCUT2D eigenvalue weighted by Crippen LogP contribution is 2.38. The van der Waals surface area contributed by atoms with Crippen molar-refractivity contribution < 1.29 is 4.74 Å². The van der Waals surface area contributed by atoms with Crippen LogP contribution in [-0.4, -0.2) is 13.2 Å². The van der Waals surface area contributed by atoms with Gasteiger partial charge in [-0.15, -0.1) is 11.3 Å². The lowest BCUT2D eigenvalue weighted by Crippen LogP contribution is -2.20. The minimum Gasteiger partial charge on any atom is -0.381 e. The lowest BCUT2D eigenvalue weighted by molar-refractivity contribution is 0.181. The fourth-order valence-corrected chi connectivity index (χ4v) is 3.43. The third kappa shape index (κ3) is 2.14. The number of ether oxygens (including phenoxy) is 1. The van der Waals surface area contributed by atoms with Crippen molar-refractivity contribution >= 4 is 38.9 Å². The van der Waals surface area contributed by atoms with Crippen molar-refractivity contribution in [3.05, 3.63) is 19.8 Å². The highest BCUT2D eigenvalue weighted by Gasteiger charge is 2.25. The minimum atomic E-state index is 0.0614. The molecule has 1 saturated heterocycles. The van der Waals surface area contributed by atoms with Crippen LogP contribution < -0.4 is 5.73 Å². The van der Waals surface area contributed by atoms with Crippen molar-refractivity contribution in [1.82, 2.24) is 0 Å². The summed E-state index contributed by atoms with van der Waals surface area (Å²) in [7, 11) is 0. The minimum absolute atomic E-state index is 0.0614. The number of rotatable bonds is 2. The number of nitrogens with two attached hydrogens (primary N) is 1. The van der Waals surface area contributed by atoms with Crippen LogP contribution in [-0.2, 0) is 4.74 Å². The van der Waals surface area contributed by atoms with E-state index in [-0.39, 0.29) is 6.04 Å². The molecular formula is C9H11BrClNOS. The predicted octanol–water partition coefficient (Wildman–Crippen LogP) is 3.20. The molecule has 2 atom stereocenters. The standard InChI is InChI=1S/C9H11BrClNOS/c10-6-3-7(14-9(6)11)8(12)5-1-2-13-4-5/h3,5,8H,1-2,4,12H2. The first-order valence-corrected chi connectivity index (χ1v) is 6.45. The fourth-order valence-electron chi connectivity index (χ4n) is 1.60. The van der Waals surface area contributed by atoms with Gasteiger partial charge in [-0.3, -0.25) is 0 Å². The number of thiophene rings is 1. The van der Waals surface area contributed by atoms with Crippen LogP contribution in [0.1, 0.15) is 17.3 Å². The van der Waals surface area contributed by atoms with Gasteiger partial charge in [0.25, 0.3) is 0 Å². The molecule has 0 radical (unpaired) electrons. The van der Waals surface area contributed by atoms with E-state index < -0.39 is 0 Å². The molecule has 14 heavy (non-hydrogen) atoms. The molecule has 0 aromatic carbocycles. The van der Waals surface area contributed by atoms with Crippen LogP contribution in [0, 0.1) is 5.92 Å². The number of hydrogen-bond acceptors (Lipinski definition) is 3. The zero-order chi connectivity index (χ0) is 10.1. The van der Waals surface area contributed by atoms with Gasteiger partial charge in [0.15, 0.2) is 0 Å². The summed E-state index contributed by atoms with van der Waals surface area (Å²) in [6.07, 6.45) is 1.05. The Morgan fingerprint density at radius 2 is 2.50 bits per heavy atom. The summed E-state index contributed by atoms with van der Waals surface area (Å²) >= 11 is 10.9. The molecule has 1 aromatic rings. The van der Waals surface area contributed by atoms with Crippen molar-refractivity contribution in [2.45, 2.75) is 12.5 Å². The van der Waals surface area contributed by atoms with Crippen LogP contribution >= 0.6 is 38.9 Å². The topological polar surface area (TPSA) is 35.2 Å². The van der Waals surface area contributed by atoms with E-state index in [2.05, 4.69) is 15.9 Å². The summed E-state index contributed by atoms with van der Waals surface area (Å²) in [5, 5.41) is 0. The highest BCUT2D eigenvalue weighted by molar-refractivity contribution is 9.10. The molecule has 2 heterocycles. The SMILES string of the molecule is NC(c1cc(Br)c(Cl)s1)C1CCOC1. The van der Waals surface area contributed by atoms with E-state index in [0.29, 0.717) is 5.92 Å². The molecule has 0 amide bonds. The zero-order valence-corrected chi connectivity index (χ0v) is 10.7. The van der Waals surface area contributed by atoms with E-state index in [1.807, 2.05) is 6.07 Å². The molecule has 0 aliphatic carbocycles. The van der Waals surface area contributed by atoms with Gasteiger partial charge in [0, 0.05) is 27.9 Å². The van der Waals surface area contributed by atoms with Gasteiger partial charge in [-0.1, -0.05) is 11.6 Å². The number of hydrogen-bond donors (Lipinski definition) is 1. The molecule has 1 aliphatic rings. The summed E-state index contributed by atoms with van der Waals surface area (Å²) in [5.41, 5.74) is 6.13. The predicted molar refractivity (Wildman–Crippen MR) is 62.9 cm³/mol. The maximum absolute atomic E-state index is 6.13. The quantitative estimate of drug-likeness (QED) is 0.909. The summed E-state index contributed by atoms with van der Waals surface area (Å²) in [4.78, 5) is 1.14. The Morgan fingerprint density at radius 3 is 3.00 bits per heavy atom. The maximum Gasteiger partial charge on any atom is 0.107 e. The summed E-state index contributed by atoms with van der Waals surface area (Å²) in [5.74, 6) is 0.441. The average molecular weight is 297 g/mol. The third-order valence-corrected chi connectivity index (χ3v) is 5.04. The van der Waals surface area contributed by atoms with Crippen molar-refractivity contribution in [2.24, 2.45) is 11.7 Å². The molecule has 0 saturated carbocycles. The number of halogens is 2. The van der Waals surface area contributed by atoms with Crippen molar-refractivity contribution in [2.75, 3.05) is 13.2 Å². The Bertz CT molecular complexity index is 305. The largest absolute Gasteiger partial charge is 0.381 e. The highest BCUT2D eigenvalue weighted by atomic mass is 79.9. The van der Waals surface area contributed by atoms with Crippen LogP contribution in [0.5, 0.6) is 0 Å². The second kappa shape index (κ2) is 4.49. The molecule has 0 bridgehead atoms. The van der Waals surface area contributed by atoms with E-state index >= 15 is 0 Å². The second-order valence-corrected chi connectivity index (χ2v) is 5.96. The Kier molecular flexibility index (Phi) is 3.50. The maximum atomic E-state index is 6.13. The molecule has 1 aromatic heterocycles. The normalized spacial score (nSPS) is 24.1. The third-order valence-electron chi connectivity index (χ3n) is 2.47. The summed E-state index contributed by atoms with van der Waals surface area (Å²) < 4.78 is 7.03. The summed E-state index contributed by atoms with van der Waals surface area (Å²) in [6.45, 7) is 1.60. The van der Waals surface area contributed by atoms with Crippen LogP contribution in [0.2, 0.25) is 4.34 Å². The van der Waals surface area contributed by atoms with E-state index in [0.717, 1.165) is 33.3 Å². The van der Waals surface area contributed by atoms with Gasteiger partial charge in [-0.05, 0) is 28.4 Å².